The molecule has 0 radical (unpaired) electrons. The van der Waals surface area contributed by atoms with E-state index in [1.807, 2.05) is 12.1 Å². The molecule has 2 aromatic heterocycles. The average molecular weight is 387 g/mol. The number of pyridine rings is 1. The summed E-state index contributed by atoms with van der Waals surface area (Å²) in [6.07, 6.45) is 0.696. The fraction of sp³-hybridized carbons (Fsp3) is 0.211. The van der Waals surface area contributed by atoms with Crippen LogP contribution in [0.4, 0.5) is 30.6 Å². The third kappa shape index (κ3) is 4.87. The summed E-state index contributed by atoms with van der Waals surface area (Å²) in [5, 5.41) is 6.26. The van der Waals surface area contributed by atoms with Gasteiger partial charge in [-0.15, -0.1) is 13.2 Å². The summed E-state index contributed by atoms with van der Waals surface area (Å²) in [5.41, 5.74) is 1.94. The van der Waals surface area contributed by atoms with Crippen LogP contribution in [0.15, 0.2) is 54.9 Å². The van der Waals surface area contributed by atoms with Gasteiger partial charge >= 0.3 is 6.36 Å². The Morgan fingerprint density at radius 1 is 1.00 bits per heavy atom. The van der Waals surface area contributed by atoms with Gasteiger partial charge in [0.2, 0.25) is 5.95 Å². The smallest absolute Gasteiger partial charge is 0.406 e. The molecule has 9 heteroatoms. The van der Waals surface area contributed by atoms with Gasteiger partial charge in [-0.25, -0.2) is 4.98 Å². The van der Waals surface area contributed by atoms with Crippen molar-refractivity contribution in [1.29, 1.82) is 0 Å². The van der Waals surface area contributed by atoms with Crippen molar-refractivity contribution >= 4 is 17.5 Å². The molecule has 0 aliphatic heterocycles. The fourth-order valence-corrected chi connectivity index (χ4v) is 2.58. The van der Waals surface area contributed by atoms with Crippen LogP contribution >= 0.6 is 0 Å². The average Bonchev–Trinajstić information content (AvgIpc) is 3.45. The highest BCUT2D eigenvalue weighted by atomic mass is 19.4. The van der Waals surface area contributed by atoms with Crippen molar-refractivity contribution in [3.63, 3.8) is 0 Å². The van der Waals surface area contributed by atoms with Crippen LogP contribution in [-0.4, -0.2) is 27.4 Å². The maximum atomic E-state index is 12.4. The van der Waals surface area contributed by atoms with E-state index in [0.29, 0.717) is 29.2 Å². The number of benzene rings is 1. The van der Waals surface area contributed by atoms with Gasteiger partial charge in [-0.1, -0.05) is 6.07 Å². The van der Waals surface area contributed by atoms with Crippen LogP contribution in [0.2, 0.25) is 0 Å². The lowest BCUT2D eigenvalue weighted by Crippen LogP contribution is -2.17. The molecule has 0 amide bonds. The Balaban J connectivity index is 1.62. The normalized spacial score (nSPS) is 13.8. The summed E-state index contributed by atoms with van der Waals surface area (Å²) in [7, 11) is 0. The standard InChI is InChI=1S/C19H16F3N5O/c20-19(21,22)28-15-3-1-2-14(10-15)24-17-11-16(12-6-8-23-9-7-12)26-18(27-17)25-13-4-5-13/h1-3,6-11,13H,4-5H2,(H2,24,25,26,27). The van der Waals surface area contributed by atoms with Crippen LogP contribution < -0.4 is 15.4 Å². The second-order valence-corrected chi connectivity index (χ2v) is 6.32. The van der Waals surface area contributed by atoms with E-state index in [0.717, 1.165) is 18.4 Å². The zero-order chi connectivity index (χ0) is 19.6. The Bertz CT molecular complexity index is 961. The highest BCUT2D eigenvalue weighted by molar-refractivity contribution is 5.67. The summed E-state index contributed by atoms with van der Waals surface area (Å²) in [6, 6.07) is 11.3. The molecule has 0 atom stereocenters. The number of ether oxygens (including phenoxy) is 1. The summed E-state index contributed by atoms with van der Waals surface area (Å²) < 4.78 is 41.3. The molecule has 2 heterocycles. The molecular formula is C19H16F3N5O. The van der Waals surface area contributed by atoms with Crippen LogP contribution in [0.1, 0.15) is 12.8 Å². The van der Waals surface area contributed by atoms with E-state index in [2.05, 4.69) is 30.3 Å². The van der Waals surface area contributed by atoms with Crippen molar-refractivity contribution < 1.29 is 17.9 Å². The molecule has 144 valence electrons. The van der Waals surface area contributed by atoms with Crippen LogP contribution in [0, 0.1) is 0 Å². The molecule has 1 aliphatic rings. The topological polar surface area (TPSA) is 72.0 Å². The molecule has 3 aromatic rings. The van der Waals surface area contributed by atoms with Gasteiger partial charge in [-0.3, -0.25) is 4.98 Å². The van der Waals surface area contributed by atoms with Crippen LogP contribution in [-0.2, 0) is 0 Å². The van der Waals surface area contributed by atoms with E-state index in [1.54, 1.807) is 24.5 Å². The minimum absolute atomic E-state index is 0.308. The molecule has 0 spiro atoms. The second kappa shape index (κ2) is 7.34. The van der Waals surface area contributed by atoms with E-state index >= 15 is 0 Å². The van der Waals surface area contributed by atoms with Gasteiger partial charge in [-0.05, 0) is 37.1 Å². The summed E-state index contributed by atoms with van der Waals surface area (Å²) in [4.78, 5) is 13.0. The molecule has 4 rings (SSSR count). The number of rotatable bonds is 6. The highest BCUT2D eigenvalue weighted by Gasteiger charge is 2.31. The number of nitrogens with one attached hydrogen (secondary N) is 2. The first-order valence-electron chi connectivity index (χ1n) is 8.63. The first-order valence-corrected chi connectivity index (χ1v) is 8.63. The van der Waals surface area contributed by atoms with E-state index < -0.39 is 6.36 Å². The Morgan fingerprint density at radius 2 is 1.79 bits per heavy atom. The minimum atomic E-state index is -4.75. The molecular weight excluding hydrogens is 371 g/mol. The Kier molecular flexibility index (Phi) is 4.72. The van der Waals surface area contributed by atoms with Crippen molar-refractivity contribution in [1.82, 2.24) is 15.0 Å². The van der Waals surface area contributed by atoms with Gasteiger partial charge < -0.3 is 15.4 Å². The van der Waals surface area contributed by atoms with Gasteiger partial charge in [0.1, 0.15) is 11.6 Å². The van der Waals surface area contributed by atoms with Gasteiger partial charge in [0, 0.05) is 41.8 Å². The Labute approximate surface area is 158 Å². The van der Waals surface area contributed by atoms with Crippen molar-refractivity contribution in [2.75, 3.05) is 10.6 Å². The first kappa shape index (κ1) is 18.0. The number of nitrogens with zero attached hydrogens (tertiary/aromatic N) is 3. The first-order chi connectivity index (χ1) is 13.4. The molecule has 0 bridgehead atoms. The molecule has 6 nitrogen and oxygen atoms in total. The largest absolute Gasteiger partial charge is 0.573 e. The SMILES string of the molecule is FC(F)(F)Oc1cccc(Nc2cc(-c3ccncc3)nc(NC3CC3)n2)c1. The van der Waals surface area contributed by atoms with Crippen molar-refractivity contribution in [2.24, 2.45) is 0 Å². The maximum Gasteiger partial charge on any atom is 0.573 e. The predicted octanol–water partition coefficient (Wildman–Crippen LogP) is 4.76. The fourth-order valence-electron chi connectivity index (χ4n) is 2.58. The second-order valence-electron chi connectivity index (χ2n) is 6.32. The number of anilines is 3. The monoisotopic (exact) mass is 387 g/mol. The molecule has 1 aliphatic carbocycles. The third-order valence-corrected chi connectivity index (χ3v) is 3.95. The van der Waals surface area contributed by atoms with Gasteiger partial charge in [0.05, 0.1) is 5.69 Å². The van der Waals surface area contributed by atoms with Crippen LogP contribution in [0.5, 0.6) is 5.75 Å². The van der Waals surface area contributed by atoms with E-state index in [-0.39, 0.29) is 5.75 Å². The molecule has 1 aromatic carbocycles. The molecule has 28 heavy (non-hydrogen) atoms. The number of aromatic nitrogens is 3. The van der Waals surface area contributed by atoms with Crippen LogP contribution in [0.3, 0.4) is 0 Å². The third-order valence-electron chi connectivity index (χ3n) is 3.95. The Morgan fingerprint density at radius 3 is 2.50 bits per heavy atom. The summed E-state index contributed by atoms with van der Waals surface area (Å²) >= 11 is 0. The van der Waals surface area contributed by atoms with Gasteiger partial charge in [0.15, 0.2) is 0 Å². The molecule has 1 saturated carbocycles. The lowest BCUT2D eigenvalue weighted by molar-refractivity contribution is -0.274. The maximum absolute atomic E-state index is 12.4. The number of alkyl halides is 3. The number of halogens is 3. The number of hydrogen-bond donors (Lipinski definition) is 2. The molecule has 2 N–H and O–H groups in total. The molecule has 0 saturated heterocycles. The lowest BCUT2D eigenvalue weighted by Gasteiger charge is -2.13. The van der Waals surface area contributed by atoms with E-state index in [4.69, 9.17) is 0 Å². The molecule has 0 unspecified atom stereocenters. The predicted molar refractivity (Wildman–Crippen MR) is 98.3 cm³/mol. The van der Waals surface area contributed by atoms with E-state index in [1.165, 1.54) is 18.2 Å². The van der Waals surface area contributed by atoms with Gasteiger partial charge in [-0.2, -0.15) is 4.98 Å². The van der Waals surface area contributed by atoms with Crippen molar-refractivity contribution in [3.05, 3.63) is 54.9 Å². The van der Waals surface area contributed by atoms with Gasteiger partial charge in [0.25, 0.3) is 0 Å². The van der Waals surface area contributed by atoms with Crippen molar-refractivity contribution in [2.45, 2.75) is 25.2 Å². The Hall–Kier alpha value is -3.36. The quantitative estimate of drug-likeness (QED) is 0.636. The lowest BCUT2D eigenvalue weighted by atomic mass is 10.2. The summed E-state index contributed by atoms with van der Waals surface area (Å²) in [6.45, 7) is 0. The zero-order valence-electron chi connectivity index (χ0n) is 14.6. The van der Waals surface area contributed by atoms with Crippen LogP contribution in [0.25, 0.3) is 11.3 Å². The minimum Gasteiger partial charge on any atom is -0.406 e. The van der Waals surface area contributed by atoms with Crippen molar-refractivity contribution in [3.8, 4) is 17.0 Å². The highest BCUT2D eigenvalue weighted by Crippen LogP contribution is 2.29. The summed E-state index contributed by atoms with van der Waals surface area (Å²) in [5.74, 6) is 0.605. The zero-order valence-corrected chi connectivity index (χ0v) is 14.6. The number of hydrogen-bond acceptors (Lipinski definition) is 6. The molecule has 1 fully saturated rings. The van der Waals surface area contributed by atoms with E-state index in [9.17, 15) is 13.2 Å².